The van der Waals surface area contributed by atoms with Crippen molar-refractivity contribution in [3.05, 3.63) is 79.2 Å². The van der Waals surface area contributed by atoms with E-state index in [-0.39, 0.29) is 36.5 Å². The van der Waals surface area contributed by atoms with E-state index in [0.29, 0.717) is 0 Å². The van der Waals surface area contributed by atoms with Gasteiger partial charge in [0.25, 0.3) is 0 Å². The first-order valence-electron chi connectivity index (χ1n) is 9.08. The van der Waals surface area contributed by atoms with Gasteiger partial charge in [-0.3, -0.25) is 0 Å². The van der Waals surface area contributed by atoms with Crippen molar-refractivity contribution >= 4 is 10.8 Å². The van der Waals surface area contributed by atoms with Crippen LogP contribution in [0, 0.1) is 45.5 Å². The molecule has 30 heavy (non-hydrogen) atoms. The van der Waals surface area contributed by atoms with Gasteiger partial charge in [0.2, 0.25) is 0 Å². The van der Waals surface area contributed by atoms with Crippen LogP contribution in [0.1, 0.15) is 29.2 Å². The Balaban J connectivity index is 1.70. The second kappa shape index (κ2) is 7.39. The SMILES string of the molecule is Cc1cc2ccc([I-]Cc3cc4c(c(F)c3F)C(F)(F)C(C)C4)c(F)c2c(F)c1F. The summed E-state index contributed by atoms with van der Waals surface area (Å²) in [5, 5.41) is -0.285. The van der Waals surface area contributed by atoms with E-state index in [4.69, 9.17) is 0 Å². The van der Waals surface area contributed by atoms with Gasteiger partial charge in [-0.1, -0.05) is 0 Å². The number of hydrogen-bond donors (Lipinski definition) is 0. The van der Waals surface area contributed by atoms with Gasteiger partial charge in [-0.15, -0.1) is 0 Å². The summed E-state index contributed by atoms with van der Waals surface area (Å²) in [4.78, 5) is 0. The number of aryl methyl sites for hydroxylation is 1. The zero-order valence-electron chi connectivity index (χ0n) is 15.8. The molecule has 1 unspecified atom stereocenters. The molecule has 1 atom stereocenters. The van der Waals surface area contributed by atoms with Gasteiger partial charge in [-0.05, 0) is 0 Å². The molecule has 0 bridgehead atoms. The molecule has 4 rings (SSSR count). The molecule has 0 aromatic heterocycles. The van der Waals surface area contributed by atoms with Crippen molar-refractivity contribution in [1.82, 2.24) is 0 Å². The quantitative estimate of drug-likeness (QED) is 0.272. The molecule has 0 fully saturated rings. The molecule has 8 heteroatoms. The van der Waals surface area contributed by atoms with Gasteiger partial charge in [0.15, 0.2) is 0 Å². The van der Waals surface area contributed by atoms with E-state index in [9.17, 15) is 30.7 Å². The molecule has 0 radical (unpaired) electrons. The third-order valence-corrected chi connectivity index (χ3v) is 8.31. The minimum atomic E-state index is -3.45. The van der Waals surface area contributed by atoms with Crippen LogP contribution in [0.4, 0.5) is 30.7 Å². The Hall–Kier alpha value is -1.84. The van der Waals surface area contributed by atoms with Crippen molar-refractivity contribution in [3.63, 3.8) is 0 Å². The van der Waals surface area contributed by atoms with E-state index in [2.05, 4.69) is 0 Å². The molecule has 0 N–H and O–H groups in total. The van der Waals surface area contributed by atoms with Gasteiger partial charge < -0.3 is 0 Å². The Morgan fingerprint density at radius 2 is 1.63 bits per heavy atom. The van der Waals surface area contributed by atoms with Crippen molar-refractivity contribution in [3.8, 4) is 0 Å². The van der Waals surface area contributed by atoms with E-state index < -0.39 is 73.1 Å². The van der Waals surface area contributed by atoms with Gasteiger partial charge in [0.05, 0.1) is 0 Å². The molecular formula is C22H15F7I-. The normalized spacial score (nSPS) is 17.7. The van der Waals surface area contributed by atoms with Crippen LogP contribution < -0.4 is 21.2 Å². The number of hydrogen-bond acceptors (Lipinski definition) is 0. The maximum atomic E-state index is 14.9. The van der Waals surface area contributed by atoms with Crippen LogP contribution in [0.2, 0.25) is 0 Å². The predicted molar refractivity (Wildman–Crippen MR) is 94.1 cm³/mol. The van der Waals surface area contributed by atoms with Gasteiger partial charge >= 0.3 is 178 Å². The summed E-state index contributed by atoms with van der Waals surface area (Å²) in [6.45, 7) is 2.63. The Morgan fingerprint density at radius 1 is 0.933 bits per heavy atom. The summed E-state index contributed by atoms with van der Waals surface area (Å²) in [6, 6.07) is 5.41. The van der Waals surface area contributed by atoms with Crippen LogP contribution >= 0.6 is 0 Å². The third-order valence-electron chi connectivity index (χ3n) is 5.45. The van der Waals surface area contributed by atoms with Gasteiger partial charge in [0.1, 0.15) is 0 Å². The summed E-state index contributed by atoms with van der Waals surface area (Å²) in [5.41, 5.74) is -0.921. The first-order chi connectivity index (χ1) is 14.0. The molecule has 0 saturated carbocycles. The molecule has 0 aliphatic heterocycles. The van der Waals surface area contributed by atoms with E-state index in [1.165, 1.54) is 38.1 Å². The van der Waals surface area contributed by atoms with Gasteiger partial charge in [-0.25, -0.2) is 0 Å². The standard InChI is InChI=1S/C22H15F7I/c1-9-5-11-3-4-14(19(25)15(11)20(26)17(9)23)30-8-13-7-12-6-10(2)22(28,29)16(12)21(27)18(13)24/h3-5,7,10H,6,8H2,1-2H3/q-1. The summed E-state index contributed by atoms with van der Waals surface area (Å²) in [5.74, 6) is -10.9. The summed E-state index contributed by atoms with van der Waals surface area (Å²) in [7, 11) is 0. The predicted octanol–water partition coefficient (Wildman–Crippen LogP) is 3.59. The fourth-order valence-corrected chi connectivity index (χ4v) is 6.21. The Labute approximate surface area is 178 Å². The first-order valence-corrected chi connectivity index (χ1v) is 11.7. The molecule has 3 aromatic carbocycles. The molecule has 0 nitrogen and oxygen atoms in total. The van der Waals surface area contributed by atoms with Crippen molar-refractivity contribution in [2.24, 2.45) is 5.92 Å². The molecule has 0 heterocycles. The maximum absolute atomic E-state index is 14.9. The number of halogens is 8. The van der Waals surface area contributed by atoms with Crippen LogP contribution in [0.3, 0.4) is 0 Å². The fraction of sp³-hybridized carbons (Fsp3) is 0.273. The Kier molecular flexibility index (Phi) is 5.27. The van der Waals surface area contributed by atoms with Crippen LogP contribution in [0.15, 0.2) is 24.3 Å². The van der Waals surface area contributed by atoms with Gasteiger partial charge in [-0.2, -0.15) is 0 Å². The van der Waals surface area contributed by atoms with Crippen LogP contribution in [-0.4, -0.2) is 0 Å². The monoisotopic (exact) mass is 539 g/mol. The molecular weight excluding hydrogens is 524 g/mol. The Morgan fingerprint density at radius 3 is 2.33 bits per heavy atom. The molecule has 0 saturated heterocycles. The number of benzene rings is 3. The molecule has 3 aromatic rings. The molecule has 0 amide bonds. The number of rotatable bonds is 3. The van der Waals surface area contributed by atoms with E-state index >= 15 is 0 Å². The zero-order chi connectivity index (χ0) is 22.0. The van der Waals surface area contributed by atoms with E-state index in [1.54, 1.807) is 0 Å². The van der Waals surface area contributed by atoms with Gasteiger partial charge in [0, 0.05) is 0 Å². The van der Waals surface area contributed by atoms with E-state index in [1.807, 2.05) is 0 Å². The number of fused-ring (bicyclic) bond motifs is 2. The minimum absolute atomic E-state index is 0.0450. The van der Waals surface area contributed by atoms with Crippen LogP contribution in [0.5, 0.6) is 0 Å². The summed E-state index contributed by atoms with van der Waals surface area (Å²) < 4.78 is 100. The molecule has 1 aliphatic carbocycles. The molecule has 160 valence electrons. The number of alkyl halides is 3. The summed E-state index contributed by atoms with van der Waals surface area (Å²) in [6.07, 6.45) is -0.0843. The second-order valence-electron chi connectivity index (χ2n) is 7.47. The third kappa shape index (κ3) is 3.18. The van der Waals surface area contributed by atoms with Crippen LogP contribution in [-0.2, 0) is 16.8 Å². The van der Waals surface area contributed by atoms with Crippen molar-refractivity contribution in [2.45, 2.75) is 30.6 Å². The summed E-state index contributed by atoms with van der Waals surface area (Å²) >= 11 is -1.31. The second-order valence-corrected chi connectivity index (χ2v) is 10.2. The first kappa shape index (κ1) is 21.4. The topological polar surface area (TPSA) is 0 Å². The fourth-order valence-electron chi connectivity index (χ4n) is 3.80. The average Bonchev–Trinajstić information content (AvgIpc) is 2.91. The van der Waals surface area contributed by atoms with Crippen molar-refractivity contribution in [1.29, 1.82) is 0 Å². The van der Waals surface area contributed by atoms with E-state index in [0.717, 1.165) is 0 Å². The van der Waals surface area contributed by atoms with Crippen molar-refractivity contribution in [2.75, 3.05) is 0 Å². The van der Waals surface area contributed by atoms with Crippen molar-refractivity contribution < 1.29 is 51.9 Å². The Bertz CT molecular complexity index is 1190. The van der Waals surface area contributed by atoms with Crippen LogP contribution in [0.25, 0.3) is 10.8 Å². The average molecular weight is 539 g/mol. The molecule has 1 aliphatic rings. The zero-order valence-corrected chi connectivity index (χ0v) is 18.0. The molecule has 0 spiro atoms.